The van der Waals surface area contributed by atoms with Crippen LogP contribution in [0.25, 0.3) is 0 Å². The van der Waals surface area contributed by atoms with Gasteiger partial charge in [0.2, 0.25) is 0 Å². The number of methoxy groups -OCH3 is 2. The SMILES string of the molecule is COc1cc(C)c(NC2CN3CCC2CC3)cc1OC. The van der Waals surface area contributed by atoms with Crippen LogP contribution in [0.4, 0.5) is 5.69 Å². The van der Waals surface area contributed by atoms with Gasteiger partial charge >= 0.3 is 0 Å². The summed E-state index contributed by atoms with van der Waals surface area (Å²) in [5.41, 5.74) is 2.38. The lowest BCUT2D eigenvalue weighted by molar-refractivity contribution is 0.0975. The monoisotopic (exact) mass is 276 g/mol. The van der Waals surface area contributed by atoms with Crippen molar-refractivity contribution in [2.45, 2.75) is 25.8 Å². The van der Waals surface area contributed by atoms with Crippen LogP contribution < -0.4 is 14.8 Å². The largest absolute Gasteiger partial charge is 0.493 e. The molecule has 3 saturated heterocycles. The van der Waals surface area contributed by atoms with Gasteiger partial charge in [0.1, 0.15) is 0 Å². The van der Waals surface area contributed by atoms with Gasteiger partial charge < -0.3 is 19.7 Å². The van der Waals surface area contributed by atoms with Crippen LogP contribution in [0.1, 0.15) is 18.4 Å². The van der Waals surface area contributed by atoms with Crippen molar-refractivity contribution in [1.29, 1.82) is 0 Å². The number of anilines is 1. The Morgan fingerprint density at radius 1 is 1.10 bits per heavy atom. The highest BCUT2D eigenvalue weighted by molar-refractivity contribution is 5.60. The zero-order valence-corrected chi connectivity index (χ0v) is 12.6. The van der Waals surface area contributed by atoms with Gasteiger partial charge in [-0.05, 0) is 50.4 Å². The number of ether oxygens (including phenoxy) is 2. The van der Waals surface area contributed by atoms with Gasteiger partial charge in [-0.1, -0.05) is 0 Å². The Balaban J connectivity index is 1.80. The van der Waals surface area contributed by atoms with E-state index in [1.54, 1.807) is 14.2 Å². The van der Waals surface area contributed by atoms with Crippen molar-refractivity contribution in [3.8, 4) is 11.5 Å². The normalized spacial score (nSPS) is 28.2. The fraction of sp³-hybridized carbons (Fsp3) is 0.625. The Bertz CT molecular complexity index is 482. The second kappa shape index (κ2) is 5.52. The average molecular weight is 276 g/mol. The number of nitrogens with zero attached hydrogens (tertiary/aromatic N) is 1. The number of aryl methyl sites for hydroxylation is 1. The Morgan fingerprint density at radius 2 is 1.75 bits per heavy atom. The maximum atomic E-state index is 5.41. The third-order valence-corrected chi connectivity index (χ3v) is 4.73. The van der Waals surface area contributed by atoms with Crippen molar-refractivity contribution in [2.75, 3.05) is 39.2 Å². The predicted molar refractivity (Wildman–Crippen MR) is 80.9 cm³/mol. The first kappa shape index (κ1) is 13.6. The van der Waals surface area contributed by atoms with Gasteiger partial charge in [-0.3, -0.25) is 0 Å². The van der Waals surface area contributed by atoms with E-state index in [9.17, 15) is 0 Å². The van der Waals surface area contributed by atoms with E-state index in [1.807, 2.05) is 6.07 Å². The predicted octanol–water partition coefficient (Wildman–Crippen LogP) is 2.52. The summed E-state index contributed by atoms with van der Waals surface area (Å²) in [6, 6.07) is 4.67. The zero-order chi connectivity index (χ0) is 14.1. The van der Waals surface area contributed by atoms with Gasteiger partial charge in [0.05, 0.1) is 14.2 Å². The van der Waals surface area contributed by atoms with Crippen LogP contribution in [0.5, 0.6) is 11.5 Å². The van der Waals surface area contributed by atoms with Gasteiger partial charge in [-0.15, -0.1) is 0 Å². The summed E-state index contributed by atoms with van der Waals surface area (Å²) in [6.07, 6.45) is 2.65. The van der Waals surface area contributed by atoms with Crippen LogP contribution in [-0.2, 0) is 0 Å². The minimum atomic E-state index is 0.564. The average Bonchev–Trinajstić information content (AvgIpc) is 2.50. The molecular formula is C16H24N2O2. The second-order valence-corrected chi connectivity index (χ2v) is 5.91. The Labute approximate surface area is 121 Å². The third-order valence-electron chi connectivity index (χ3n) is 4.73. The number of fused-ring (bicyclic) bond motifs is 3. The second-order valence-electron chi connectivity index (χ2n) is 5.91. The lowest BCUT2D eigenvalue weighted by Gasteiger charge is -2.45. The van der Waals surface area contributed by atoms with Crippen LogP contribution in [0.2, 0.25) is 0 Å². The molecule has 1 N–H and O–H groups in total. The van der Waals surface area contributed by atoms with Crippen LogP contribution in [0, 0.1) is 12.8 Å². The first-order chi connectivity index (χ1) is 9.71. The van der Waals surface area contributed by atoms with Gasteiger partial charge in [0, 0.05) is 24.3 Å². The number of rotatable bonds is 4. The van der Waals surface area contributed by atoms with E-state index in [2.05, 4.69) is 23.2 Å². The van der Waals surface area contributed by atoms with E-state index in [-0.39, 0.29) is 0 Å². The van der Waals surface area contributed by atoms with E-state index in [1.165, 1.54) is 43.7 Å². The van der Waals surface area contributed by atoms with Crippen molar-refractivity contribution < 1.29 is 9.47 Å². The molecule has 1 unspecified atom stereocenters. The van der Waals surface area contributed by atoms with Crippen molar-refractivity contribution in [3.63, 3.8) is 0 Å². The fourth-order valence-corrected chi connectivity index (χ4v) is 3.46. The molecule has 4 nitrogen and oxygen atoms in total. The summed E-state index contributed by atoms with van der Waals surface area (Å²) in [6.45, 7) is 5.83. The van der Waals surface area contributed by atoms with Gasteiger partial charge in [0.25, 0.3) is 0 Å². The van der Waals surface area contributed by atoms with Crippen LogP contribution >= 0.6 is 0 Å². The standard InChI is InChI=1S/C16H24N2O2/c1-11-8-15(19-2)16(20-3)9-13(11)17-14-10-18-6-4-12(14)5-7-18/h8-9,12,14,17H,4-7,10H2,1-3H3. The molecule has 4 rings (SSSR count). The number of benzene rings is 1. The molecule has 20 heavy (non-hydrogen) atoms. The van der Waals surface area contributed by atoms with Gasteiger partial charge in [0.15, 0.2) is 11.5 Å². The van der Waals surface area contributed by atoms with Gasteiger partial charge in [-0.2, -0.15) is 0 Å². The number of nitrogens with one attached hydrogen (secondary N) is 1. The molecule has 0 spiro atoms. The highest BCUT2D eigenvalue weighted by Crippen LogP contribution is 2.35. The summed E-state index contributed by atoms with van der Waals surface area (Å²) in [4.78, 5) is 2.56. The van der Waals surface area contributed by atoms with Crippen molar-refractivity contribution >= 4 is 5.69 Å². The third kappa shape index (κ3) is 2.44. The van der Waals surface area contributed by atoms with Crippen molar-refractivity contribution in [1.82, 2.24) is 4.90 Å². The number of hydrogen-bond acceptors (Lipinski definition) is 4. The highest BCUT2D eigenvalue weighted by Gasteiger charge is 2.34. The molecule has 3 aliphatic rings. The molecule has 110 valence electrons. The van der Waals surface area contributed by atoms with Gasteiger partial charge in [-0.25, -0.2) is 0 Å². The molecule has 0 amide bonds. The molecule has 1 aromatic carbocycles. The highest BCUT2D eigenvalue weighted by atomic mass is 16.5. The molecule has 0 saturated carbocycles. The van der Waals surface area contributed by atoms with E-state index >= 15 is 0 Å². The lowest BCUT2D eigenvalue weighted by Crippen LogP contribution is -2.53. The maximum absolute atomic E-state index is 5.41. The van der Waals surface area contributed by atoms with Crippen LogP contribution in [0.3, 0.4) is 0 Å². The topological polar surface area (TPSA) is 33.7 Å². The number of piperidine rings is 3. The molecular weight excluding hydrogens is 252 g/mol. The van der Waals surface area contributed by atoms with Crippen molar-refractivity contribution in [2.24, 2.45) is 5.92 Å². The maximum Gasteiger partial charge on any atom is 0.162 e. The summed E-state index contributed by atoms with van der Waals surface area (Å²) in [7, 11) is 3.36. The number of hydrogen-bond donors (Lipinski definition) is 1. The Morgan fingerprint density at radius 3 is 2.30 bits per heavy atom. The molecule has 1 atom stereocenters. The van der Waals surface area contributed by atoms with Crippen LogP contribution in [0.15, 0.2) is 12.1 Å². The molecule has 0 radical (unpaired) electrons. The first-order valence-corrected chi connectivity index (χ1v) is 7.42. The van der Waals surface area contributed by atoms with Crippen molar-refractivity contribution in [3.05, 3.63) is 17.7 Å². The fourth-order valence-electron chi connectivity index (χ4n) is 3.46. The molecule has 4 heteroatoms. The first-order valence-electron chi connectivity index (χ1n) is 7.42. The summed E-state index contributed by atoms with van der Waals surface area (Å²) >= 11 is 0. The summed E-state index contributed by atoms with van der Waals surface area (Å²) < 4.78 is 10.8. The minimum absolute atomic E-state index is 0.564. The Hall–Kier alpha value is -1.42. The summed E-state index contributed by atoms with van der Waals surface area (Å²) in [5.74, 6) is 2.40. The molecule has 3 fully saturated rings. The molecule has 0 aromatic heterocycles. The molecule has 2 bridgehead atoms. The Kier molecular flexibility index (Phi) is 3.74. The molecule has 3 aliphatic heterocycles. The van der Waals surface area contributed by atoms with E-state index in [4.69, 9.17) is 9.47 Å². The summed E-state index contributed by atoms with van der Waals surface area (Å²) in [5, 5.41) is 3.73. The smallest absolute Gasteiger partial charge is 0.162 e. The molecule has 0 aliphatic carbocycles. The van der Waals surface area contributed by atoms with E-state index in [0.717, 1.165) is 17.4 Å². The lowest BCUT2D eigenvalue weighted by atomic mass is 9.84. The van der Waals surface area contributed by atoms with E-state index < -0.39 is 0 Å². The zero-order valence-electron chi connectivity index (χ0n) is 12.6. The van der Waals surface area contributed by atoms with E-state index in [0.29, 0.717) is 6.04 Å². The molecule has 1 aromatic rings. The van der Waals surface area contributed by atoms with Crippen LogP contribution in [-0.4, -0.2) is 44.8 Å². The minimum Gasteiger partial charge on any atom is -0.493 e. The molecule has 3 heterocycles. The quantitative estimate of drug-likeness (QED) is 0.916.